The average Bonchev–Trinajstić information content (AvgIpc) is 3.32. The molecule has 0 aliphatic rings. The lowest BCUT2D eigenvalue weighted by Gasteiger charge is -2.24. The Hall–Kier alpha value is -2.70. The molecule has 3 unspecified atom stereocenters. The first kappa shape index (κ1) is 64.3. The van der Waals surface area contributed by atoms with Crippen molar-refractivity contribution in [3.8, 4) is 0 Å². The van der Waals surface area contributed by atoms with Crippen molar-refractivity contribution in [2.75, 3.05) is 6.61 Å². The molecule has 0 spiro atoms. The van der Waals surface area contributed by atoms with Gasteiger partial charge in [-0.05, 0) is 44.9 Å². The van der Waals surface area contributed by atoms with E-state index in [9.17, 15) is 19.8 Å². The van der Waals surface area contributed by atoms with Crippen LogP contribution in [0.3, 0.4) is 0 Å². The molecule has 1 amide bonds. The summed E-state index contributed by atoms with van der Waals surface area (Å²) in [6.45, 7) is 6.36. The monoisotopic (exact) mass is 936 g/mol. The van der Waals surface area contributed by atoms with Crippen LogP contribution < -0.4 is 5.32 Å². The van der Waals surface area contributed by atoms with Gasteiger partial charge < -0.3 is 20.3 Å². The Morgan fingerprint density at radius 1 is 0.448 bits per heavy atom. The fraction of sp³-hybridized carbons (Fsp3) is 0.770. The minimum absolute atomic E-state index is 0.0597. The Morgan fingerprint density at radius 3 is 1.21 bits per heavy atom. The Balaban J connectivity index is 4.64. The molecule has 67 heavy (non-hydrogen) atoms. The highest BCUT2D eigenvalue weighted by molar-refractivity contribution is 5.77. The van der Waals surface area contributed by atoms with Crippen LogP contribution >= 0.6 is 0 Å². The van der Waals surface area contributed by atoms with Crippen LogP contribution in [0.4, 0.5) is 0 Å². The summed E-state index contributed by atoms with van der Waals surface area (Å²) in [5.41, 5.74) is 0. The molecule has 388 valence electrons. The van der Waals surface area contributed by atoms with E-state index in [0.29, 0.717) is 19.3 Å². The van der Waals surface area contributed by atoms with Crippen LogP contribution in [0, 0.1) is 0 Å². The van der Waals surface area contributed by atoms with E-state index in [1.165, 1.54) is 161 Å². The molecule has 6 heteroatoms. The molecule has 0 heterocycles. The third-order valence-corrected chi connectivity index (χ3v) is 13.0. The Morgan fingerprint density at radius 2 is 0.806 bits per heavy atom. The first-order valence-electron chi connectivity index (χ1n) is 28.7. The highest BCUT2D eigenvalue weighted by Gasteiger charge is 2.24. The van der Waals surface area contributed by atoms with E-state index in [2.05, 4.69) is 50.4 Å². The quantitative estimate of drug-likeness (QED) is 0.0321. The Bertz CT molecular complexity index is 1230. The van der Waals surface area contributed by atoms with Gasteiger partial charge in [0.2, 0.25) is 5.91 Å². The van der Waals surface area contributed by atoms with Crippen molar-refractivity contribution in [3.63, 3.8) is 0 Å². The number of carbonyl (C=O) groups excluding carboxylic acids is 2. The highest BCUT2D eigenvalue weighted by Crippen LogP contribution is 2.19. The molecule has 0 aliphatic heterocycles. The van der Waals surface area contributed by atoms with Gasteiger partial charge in [-0.3, -0.25) is 9.59 Å². The van der Waals surface area contributed by atoms with Gasteiger partial charge in [0.05, 0.1) is 25.2 Å². The highest BCUT2D eigenvalue weighted by atomic mass is 16.5. The molecule has 0 aromatic rings. The van der Waals surface area contributed by atoms with Crippen LogP contribution in [0.1, 0.15) is 278 Å². The normalized spacial score (nSPS) is 13.7. The maximum absolute atomic E-state index is 13.3. The minimum atomic E-state index is -0.798. The van der Waals surface area contributed by atoms with Gasteiger partial charge in [0.15, 0.2) is 0 Å². The van der Waals surface area contributed by atoms with Gasteiger partial charge in [0, 0.05) is 6.42 Å². The number of allylic oxidation sites excluding steroid dienone is 12. The van der Waals surface area contributed by atoms with Crippen molar-refractivity contribution in [1.29, 1.82) is 0 Å². The molecule has 3 atom stereocenters. The first-order chi connectivity index (χ1) is 33.0. The van der Waals surface area contributed by atoms with Crippen molar-refractivity contribution < 1.29 is 24.5 Å². The van der Waals surface area contributed by atoms with Crippen molar-refractivity contribution >= 4 is 11.9 Å². The van der Waals surface area contributed by atoms with Gasteiger partial charge in [-0.25, -0.2) is 0 Å². The smallest absolute Gasteiger partial charge is 0.306 e. The Kier molecular flexibility index (Phi) is 52.1. The second kappa shape index (κ2) is 54.2. The average molecular weight is 937 g/mol. The van der Waals surface area contributed by atoms with Crippen LogP contribution in [-0.4, -0.2) is 46.9 Å². The van der Waals surface area contributed by atoms with Crippen molar-refractivity contribution in [3.05, 3.63) is 72.9 Å². The van der Waals surface area contributed by atoms with Crippen molar-refractivity contribution in [2.24, 2.45) is 0 Å². The number of esters is 1. The summed E-state index contributed by atoms with van der Waals surface area (Å²) in [5.74, 6) is -0.516. The molecular weight excluding hydrogens is 827 g/mol. The second-order valence-corrected chi connectivity index (χ2v) is 19.5. The number of hydrogen-bond donors (Lipinski definition) is 3. The predicted molar refractivity (Wildman–Crippen MR) is 291 cm³/mol. The standard InChI is InChI=1S/C61H109NO5/c1-4-7-10-13-16-19-22-25-28-30-33-36-39-42-45-48-51-54-61(66)67-57(52-49-46-43-40-37-34-32-29-26-23-20-17-14-11-8-5-2)55-60(65)62-58(56-63)59(64)53-50-47-44-41-38-35-31-27-24-21-18-15-12-9-6-3/h7,10,13,16,19,22,25,28,30,33,36,39,57-59,63-64H,4-6,8-9,11-12,14-15,17-18,20-21,23-24,26-27,29,31-32,34-35,37-38,40-56H2,1-3H3,(H,62,65)/b10-7-,16-13+,22-19+,28-25-,33-30+,39-36+. The Labute approximate surface area is 415 Å². The number of aliphatic hydroxyl groups is 2. The van der Waals surface area contributed by atoms with Crippen LogP contribution in [0.2, 0.25) is 0 Å². The minimum Gasteiger partial charge on any atom is -0.462 e. The number of hydrogen-bond acceptors (Lipinski definition) is 5. The van der Waals surface area contributed by atoms with Crippen LogP contribution in [0.15, 0.2) is 72.9 Å². The molecular formula is C61H109NO5. The van der Waals surface area contributed by atoms with E-state index in [1.54, 1.807) is 0 Å². The van der Waals surface area contributed by atoms with Gasteiger partial charge in [-0.15, -0.1) is 0 Å². The molecule has 0 fully saturated rings. The lowest BCUT2D eigenvalue weighted by molar-refractivity contribution is -0.151. The number of nitrogens with one attached hydrogen (secondary N) is 1. The third kappa shape index (κ3) is 49.5. The summed E-state index contributed by atoms with van der Waals surface area (Å²) in [5, 5.41) is 23.9. The van der Waals surface area contributed by atoms with Gasteiger partial charge >= 0.3 is 5.97 Å². The predicted octanol–water partition coefficient (Wildman–Crippen LogP) is 17.7. The number of unbranched alkanes of at least 4 members (excludes halogenated alkanes) is 32. The van der Waals surface area contributed by atoms with Gasteiger partial charge in [0.25, 0.3) is 0 Å². The summed E-state index contributed by atoms with van der Waals surface area (Å²) in [7, 11) is 0. The zero-order valence-corrected chi connectivity index (χ0v) is 44.3. The SMILES string of the molecule is CC\C=C/C=C/C=C/C=C\C=C\C=C\CCCCCC(=O)OC(CCCCCCCCCCCCCCCCCC)CC(=O)NC(CO)C(O)CCCCCCCCCCCCCCCCC. The van der Waals surface area contributed by atoms with Gasteiger partial charge in [-0.1, -0.05) is 293 Å². The maximum Gasteiger partial charge on any atom is 0.306 e. The first-order valence-corrected chi connectivity index (χ1v) is 28.7. The van der Waals surface area contributed by atoms with Gasteiger partial charge in [0.1, 0.15) is 6.10 Å². The summed E-state index contributed by atoms with van der Waals surface area (Å²) in [4.78, 5) is 26.3. The molecule has 0 bridgehead atoms. The molecule has 0 saturated heterocycles. The zero-order chi connectivity index (χ0) is 48.8. The lowest BCUT2D eigenvalue weighted by atomic mass is 10.0. The van der Waals surface area contributed by atoms with E-state index < -0.39 is 18.2 Å². The molecule has 0 aromatic carbocycles. The topological polar surface area (TPSA) is 95.9 Å². The zero-order valence-electron chi connectivity index (χ0n) is 44.3. The fourth-order valence-corrected chi connectivity index (χ4v) is 8.64. The van der Waals surface area contributed by atoms with E-state index in [1.807, 2.05) is 48.6 Å². The molecule has 6 nitrogen and oxygen atoms in total. The summed E-state index contributed by atoms with van der Waals surface area (Å²) in [6, 6.07) is -0.713. The summed E-state index contributed by atoms with van der Waals surface area (Å²) < 4.78 is 5.94. The molecule has 0 rings (SSSR count). The fourth-order valence-electron chi connectivity index (χ4n) is 8.64. The van der Waals surface area contributed by atoms with Crippen LogP contribution in [0.25, 0.3) is 0 Å². The van der Waals surface area contributed by atoms with Crippen molar-refractivity contribution in [2.45, 2.75) is 296 Å². The summed E-state index contributed by atoms with van der Waals surface area (Å²) in [6.07, 6.45) is 69.6. The van der Waals surface area contributed by atoms with Gasteiger partial charge in [-0.2, -0.15) is 0 Å². The third-order valence-electron chi connectivity index (χ3n) is 13.0. The van der Waals surface area contributed by atoms with E-state index in [0.717, 1.165) is 70.6 Å². The summed E-state index contributed by atoms with van der Waals surface area (Å²) >= 11 is 0. The number of rotatable bonds is 51. The molecule has 0 aromatic heterocycles. The van der Waals surface area contributed by atoms with Crippen molar-refractivity contribution in [1.82, 2.24) is 5.32 Å². The van der Waals surface area contributed by atoms with Crippen LogP contribution in [-0.2, 0) is 14.3 Å². The lowest BCUT2D eigenvalue weighted by Crippen LogP contribution is -2.46. The number of amides is 1. The number of ether oxygens (including phenoxy) is 1. The number of carbonyl (C=O) groups is 2. The maximum atomic E-state index is 13.3. The molecule has 0 aliphatic carbocycles. The van der Waals surface area contributed by atoms with Crippen LogP contribution in [0.5, 0.6) is 0 Å². The largest absolute Gasteiger partial charge is 0.462 e. The molecule has 0 radical (unpaired) electrons. The van der Waals surface area contributed by atoms with E-state index in [-0.39, 0.29) is 24.9 Å². The van der Waals surface area contributed by atoms with E-state index in [4.69, 9.17) is 4.74 Å². The molecule has 0 saturated carbocycles. The van der Waals surface area contributed by atoms with E-state index >= 15 is 0 Å². The number of aliphatic hydroxyl groups excluding tert-OH is 2. The molecule has 3 N–H and O–H groups in total. The second-order valence-electron chi connectivity index (χ2n) is 19.5.